The minimum atomic E-state index is -0.544. The first kappa shape index (κ1) is 28.4. The zero-order valence-corrected chi connectivity index (χ0v) is 28.8. The van der Waals surface area contributed by atoms with E-state index < -0.39 is 7.12 Å². The fourth-order valence-corrected chi connectivity index (χ4v) is 9.42. The SMILES string of the molecule is c1ccc(-n2c3ccccc3c3c4c(c5ccccc5n4-c4cc5c6c(c4)-c4ccccc4OB6Oc4ccccc4-5)c4oc5ccccc5c4c32)cc1. The lowest BCUT2D eigenvalue weighted by Gasteiger charge is -2.32. The van der Waals surface area contributed by atoms with Gasteiger partial charge in [-0.1, -0.05) is 109 Å². The van der Waals surface area contributed by atoms with E-state index in [0.717, 1.165) is 105 Å². The van der Waals surface area contributed by atoms with Crippen LogP contribution in [0.1, 0.15) is 0 Å². The summed E-state index contributed by atoms with van der Waals surface area (Å²) in [5.74, 6) is 1.63. The zero-order valence-electron chi connectivity index (χ0n) is 28.8. The molecule has 0 bridgehead atoms. The molecule has 13 rings (SSSR count). The molecular formula is C48H27BN2O3. The summed E-state index contributed by atoms with van der Waals surface area (Å²) in [6.45, 7) is 0. The number of rotatable bonds is 2. The van der Waals surface area contributed by atoms with Gasteiger partial charge in [0.1, 0.15) is 22.7 Å². The van der Waals surface area contributed by atoms with Crippen molar-refractivity contribution in [3.8, 4) is 45.1 Å². The molecule has 3 aromatic heterocycles. The average Bonchev–Trinajstić information content (AvgIpc) is 3.89. The summed E-state index contributed by atoms with van der Waals surface area (Å²) < 4.78 is 25.0. The Morgan fingerprint density at radius 2 is 0.907 bits per heavy atom. The lowest BCUT2D eigenvalue weighted by Crippen LogP contribution is -2.49. The van der Waals surface area contributed by atoms with Crippen molar-refractivity contribution in [2.24, 2.45) is 0 Å². The van der Waals surface area contributed by atoms with Crippen molar-refractivity contribution < 1.29 is 13.7 Å². The number of hydrogen-bond acceptors (Lipinski definition) is 3. The molecule has 0 saturated heterocycles. The summed E-state index contributed by atoms with van der Waals surface area (Å²) in [7, 11) is -0.544. The molecule has 0 amide bonds. The molecule has 11 aromatic rings. The minimum Gasteiger partial charge on any atom is -0.521 e. The zero-order chi connectivity index (χ0) is 35.1. The van der Waals surface area contributed by atoms with Crippen LogP contribution >= 0.6 is 0 Å². The van der Waals surface area contributed by atoms with Gasteiger partial charge in [0, 0.05) is 49.5 Å². The largest absolute Gasteiger partial charge is 0.633 e. The van der Waals surface area contributed by atoms with Crippen molar-refractivity contribution in [2.45, 2.75) is 0 Å². The van der Waals surface area contributed by atoms with Gasteiger partial charge in [-0.3, -0.25) is 0 Å². The van der Waals surface area contributed by atoms with E-state index in [2.05, 4.69) is 149 Å². The van der Waals surface area contributed by atoms with Crippen LogP contribution in [0.3, 0.4) is 0 Å². The van der Waals surface area contributed by atoms with Crippen molar-refractivity contribution in [1.82, 2.24) is 9.13 Å². The molecular weight excluding hydrogens is 663 g/mol. The Kier molecular flexibility index (Phi) is 5.39. The van der Waals surface area contributed by atoms with Gasteiger partial charge in [0.25, 0.3) is 0 Å². The van der Waals surface area contributed by atoms with Crippen LogP contribution < -0.4 is 14.8 Å². The van der Waals surface area contributed by atoms with E-state index in [1.54, 1.807) is 0 Å². The summed E-state index contributed by atoms with van der Waals surface area (Å²) in [6.07, 6.45) is 0. The highest BCUT2D eigenvalue weighted by molar-refractivity contribution is 6.68. The van der Waals surface area contributed by atoms with E-state index in [9.17, 15) is 0 Å². The molecule has 54 heavy (non-hydrogen) atoms. The van der Waals surface area contributed by atoms with Gasteiger partial charge in [0.2, 0.25) is 0 Å². The molecule has 5 heterocycles. The summed E-state index contributed by atoms with van der Waals surface area (Å²) in [5, 5.41) is 6.86. The van der Waals surface area contributed by atoms with Gasteiger partial charge in [0.05, 0.1) is 32.8 Å². The summed E-state index contributed by atoms with van der Waals surface area (Å²) in [4.78, 5) is 0. The van der Waals surface area contributed by atoms with Crippen LogP contribution in [-0.4, -0.2) is 16.3 Å². The maximum Gasteiger partial charge on any atom is 0.633 e. The second-order valence-electron chi connectivity index (χ2n) is 14.3. The van der Waals surface area contributed by atoms with Gasteiger partial charge in [-0.25, -0.2) is 0 Å². The maximum atomic E-state index is 7.01. The van der Waals surface area contributed by atoms with Gasteiger partial charge in [0.15, 0.2) is 0 Å². The molecule has 0 radical (unpaired) electrons. The van der Waals surface area contributed by atoms with Crippen molar-refractivity contribution in [1.29, 1.82) is 0 Å². The van der Waals surface area contributed by atoms with E-state index in [1.165, 1.54) is 10.8 Å². The number of benzene rings is 8. The first-order chi connectivity index (χ1) is 26.8. The van der Waals surface area contributed by atoms with Gasteiger partial charge in [-0.15, -0.1) is 0 Å². The molecule has 0 N–H and O–H groups in total. The lowest BCUT2D eigenvalue weighted by atomic mass is 9.66. The first-order valence-electron chi connectivity index (χ1n) is 18.4. The molecule has 0 aliphatic carbocycles. The standard InChI is InChI=1S/C48H27BN2O3/c1-2-14-28(15-3-1)50-37-21-9-4-18-32(37)42-46-43(48-44(47(42)50)34-20-8-11-23-39(34)52-48)33-19-5-10-22-38(33)51(46)29-26-35-30-16-6-12-24-40(30)53-49-45(35)36(27-29)31-17-7-13-25-41(31)54-49/h1-27H. The Balaban J connectivity index is 1.29. The van der Waals surface area contributed by atoms with Crippen molar-refractivity contribution in [3.05, 3.63) is 164 Å². The summed E-state index contributed by atoms with van der Waals surface area (Å²) in [5.41, 5.74) is 13.9. The molecule has 0 fully saturated rings. The molecule has 0 atom stereocenters. The maximum absolute atomic E-state index is 7.01. The topological polar surface area (TPSA) is 41.5 Å². The summed E-state index contributed by atoms with van der Waals surface area (Å²) >= 11 is 0. The average molecular weight is 691 g/mol. The van der Waals surface area contributed by atoms with Crippen molar-refractivity contribution >= 4 is 78.1 Å². The Morgan fingerprint density at radius 1 is 0.407 bits per heavy atom. The van der Waals surface area contributed by atoms with E-state index >= 15 is 0 Å². The number of fused-ring (bicyclic) bond motifs is 16. The number of aromatic nitrogens is 2. The highest BCUT2D eigenvalue weighted by Gasteiger charge is 2.42. The van der Waals surface area contributed by atoms with Crippen LogP contribution in [-0.2, 0) is 0 Å². The predicted octanol–water partition coefficient (Wildman–Crippen LogP) is 11.6. The third kappa shape index (κ3) is 3.55. The van der Waals surface area contributed by atoms with Gasteiger partial charge in [-0.2, -0.15) is 0 Å². The van der Waals surface area contributed by atoms with Gasteiger partial charge >= 0.3 is 7.12 Å². The number of hydrogen-bond donors (Lipinski definition) is 0. The second-order valence-corrected chi connectivity index (χ2v) is 14.3. The summed E-state index contributed by atoms with van der Waals surface area (Å²) in [6, 6.07) is 58.0. The fraction of sp³-hybridized carbons (Fsp3) is 0. The second kappa shape index (κ2) is 10.2. The van der Waals surface area contributed by atoms with Gasteiger partial charge in [-0.05, 0) is 65.7 Å². The molecule has 0 unspecified atom stereocenters. The van der Waals surface area contributed by atoms with E-state index in [4.69, 9.17) is 13.7 Å². The van der Waals surface area contributed by atoms with E-state index in [0.29, 0.717) is 0 Å². The Labute approximate surface area is 308 Å². The van der Waals surface area contributed by atoms with E-state index in [1.807, 2.05) is 24.3 Å². The van der Waals surface area contributed by atoms with Crippen LogP contribution in [0.5, 0.6) is 11.5 Å². The Morgan fingerprint density at radius 3 is 1.57 bits per heavy atom. The Bertz CT molecular complexity index is 3340. The molecule has 0 spiro atoms. The third-order valence-corrected chi connectivity index (χ3v) is 11.5. The van der Waals surface area contributed by atoms with Crippen LogP contribution in [0.15, 0.2) is 168 Å². The van der Waals surface area contributed by atoms with E-state index in [-0.39, 0.29) is 0 Å². The van der Waals surface area contributed by atoms with Crippen LogP contribution in [0.4, 0.5) is 0 Å². The minimum absolute atomic E-state index is 0.544. The third-order valence-electron chi connectivity index (χ3n) is 11.5. The smallest absolute Gasteiger partial charge is 0.521 e. The predicted molar refractivity (Wildman–Crippen MR) is 220 cm³/mol. The monoisotopic (exact) mass is 690 g/mol. The van der Waals surface area contributed by atoms with Crippen LogP contribution in [0, 0.1) is 0 Å². The number of nitrogens with zero attached hydrogens (tertiary/aromatic N) is 2. The molecule has 2 aliphatic heterocycles. The first-order valence-corrected chi connectivity index (χ1v) is 18.4. The highest BCUT2D eigenvalue weighted by Crippen LogP contribution is 2.50. The molecule has 0 saturated carbocycles. The van der Waals surface area contributed by atoms with Crippen LogP contribution in [0.2, 0.25) is 0 Å². The fourth-order valence-electron chi connectivity index (χ4n) is 9.42. The van der Waals surface area contributed by atoms with Crippen molar-refractivity contribution in [2.75, 3.05) is 0 Å². The molecule has 2 aliphatic rings. The normalized spacial score (nSPS) is 13.1. The van der Waals surface area contributed by atoms with Crippen LogP contribution in [0.25, 0.3) is 99.2 Å². The quantitative estimate of drug-likeness (QED) is 0.170. The molecule has 8 aromatic carbocycles. The Hall–Kier alpha value is -7.18. The van der Waals surface area contributed by atoms with Crippen molar-refractivity contribution in [3.63, 3.8) is 0 Å². The lowest BCUT2D eigenvalue weighted by molar-refractivity contribution is 0.436. The molecule has 6 heteroatoms. The molecule has 5 nitrogen and oxygen atoms in total. The number of para-hydroxylation sites is 6. The molecule has 250 valence electrons. The highest BCUT2D eigenvalue weighted by atomic mass is 16.6. The number of furan rings is 1. The van der Waals surface area contributed by atoms with Gasteiger partial charge < -0.3 is 22.9 Å².